The van der Waals surface area contributed by atoms with Crippen LogP contribution >= 0.6 is 0 Å². The molecule has 0 fully saturated rings. The quantitative estimate of drug-likeness (QED) is 0.788. The summed E-state index contributed by atoms with van der Waals surface area (Å²) in [5.74, 6) is -0.0614. The van der Waals surface area contributed by atoms with Gasteiger partial charge in [0.2, 0.25) is 0 Å². The van der Waals surface area contributed by atoms with Crippen molar-refractivity contribution < 1.29 is 14.7 Å². The van der Waals surface area contributed by atoms with E-state index in [2.05, 4.69) is 5.32 Å². The fourth-order valence-electron chi connectivity index (χ4n) is 2.49. The molecule has 2 N–H and O–H groups in total. The maximum atomic E-state index is 12.7. The lowest BCUT2D eigenvalue weighted by molar-refractivity contribution is 0.0469. The smallest absolute Gasteiger partial charge is 0.322 e. The Morgan fingerprint density at radius 1 is 1.08 bits per heavy atom. The molecule has 25 heavy (non-hydrogen) atoms. The maximum absolute atomic E-state index is 12.7. The summed E-state index contributed by atoms with van der Waals surface area (Å²) in [5.41, 5.74) is 1.04. The molecule has 0 aliphatic heterocycles. The van der Waals surface area contributed by atoms with Crippen LogP contribution < -0.4 is 5.32 Å². The highest BCUT2D eigenvalue weighted by Crippen LogP contribution is 2.15. The lowest BCUT2D eigenvalue weighted by Crippen LogP contribution is -2.43. The number of anilines is 1. The van der Waals surface area contributed by atoms with E-state index in [0.29, 0.717) is 17.8 Å². The molecule has 0 spiro atoms. The van der Waals surface area contributed by atoms with Gasteiger partial charge in [-0.05, 0) is 38.5 Å². The number of hydrogen-bond donors (Lipinski definition) is 2. The van der Waals surface area contributed by atoms with E-state index in [4.69, 9.17) is 0 Å². The Kier molecular flexibility index (Phi) is 5.93. The lowest BCUT2D eigenvalue weighted by atomic mass is 10.1. The van der Waals surface area contributed by atoms with Gasteiger partial charge in [0.1, 0.15) is 0 Å². The first-order chi connectivity index (χ1) is 11.7. The van der Waals surface area contributed by atoms with Gasteiger partial charge in [-0.15, -0.1) is 0 Å². The number of ketones is 1. The van der Waals surface area contributed by atoms with Crippen molar-refractivity contribution in [2.45, 2.75) is 32.9 Å². The van der Waals surface area contributed by atoms with Crippen molar-refractivity contribution in [2.75, 3.05) is 11.9 Å². The molecule has 0 heterocycles. The molecule has 0 saturated heterocycles. The summed E-state index contributed by atoms with van der Waals surface area (Å²) in [6, 6.07) is 16.1. The van der Waals surface area contributed by atoms with Gasteiger partial charge in [0.05, 0.1) is 12.1 Å². The number of carbonyl (C=O) groups excluding carboxylic acids is 2. The molecule has 0 bridgehead atoms. The number of nitrogens with zero attached hydrogens (tertiary/aromatic N) is 1. The average Bonchev–Trinajstić information content (AvgIpc) is 2.54. The second-order valence-electron chi connectivity index (χ2n) is 6.72. The minimum absolute atomic E-state index is 0.0614. The van der Waals surface area contributed by atoms with Crippen LogP contribution in [-0.4, -0.2) is 34.0 Å². The van der Waals surface area contributed by atoms with Gasteiger partial charge in [0.15, 0.2) is 5.78 Å². The summed E-state index contributed by atoms with van der Waals surface area (Å²) in [4.78, 5) is 25.7. The number of nitrogens with one attached hydrogen (secondary N) is 1. The van der Waals surface area contributed by atoms with E-state index in [-0.39, 0.29) is 18.4 Å². The van der Waals surface area contributed by atoms with Gasteiger partial charge in [-0.25, -0.2) is 4.79 Å². The molecule has 2 amide bonds. The molecule has 0 unspecified atom stereocenters. The molecule has 0 radical (unpaired) electrons. The number of benzene rings is 2. The maximum Gasteiger partial charge on any atom is 0.322 e. The second kappa shape index (κ2) is 7.94. The Morgan fingerprint density at radius 3 is 2.36 bits per heavy atom. The SMILES string of the molecule is CC(=O)c1cccc(NC(=O)N(Cc2ccccc2)CC(C)(C)O)c1. The van der Waals surface area contributed by atoms with Crippen LogP contribution in [0.3, 0.4) is 0 Å². The number of rotatable bonds is 6. The molecular weight excluding hydrogens is 316 g/mol. The summed E-state index contributed by atoms with van der Waals surface area (Å²) in [6.07, 6.45) is 0. The fourth-order valence-corrected chi connectivity index (χ4v) is 2.49. The molecule has 5 nitrogen and oxygen atoms in total. The first-order valence-corrected chi connectivity index (χ1v) is 8.18. The van der Waals surface area contributed by atoms with Gasteiger partial charge in [-0.3, -0.25) is 4.79 Å². The molecule has 0 saturated carbocycles. The van der Waals surface area contributed by atoms with E-state index in [9.17, 15) is 14.7 Å². The van der Waals surface area contributed by atoms with E-state index < -0.39 is 5.60 Å². The first-order valence-electron chi connectivity index (χ1n) is 8.18. The van der Waals surface area contributed by atoms with Gasteiger partial charge in [-0.2, -0.15) is 0 Å². The van der Waals surface area contributed by atoms with Crippen molar-refractivity contribution in [3.8, 4) is 0 Å². The van der Waals surface area contributed by atoms with Gasteiger partial charge in [-0.1, -0.05) is 42.5 Å². The standard InChI is InChI=1S/C20H24N2O3/c1-15(23)17-10-7-11-18(12-17)21-19(24)22(14-20(2,3)25)13-16-8-5-4-6-9-16/h4-12,25H,13-14H2,1-3H3,(H,21,24). The Bertz CT molecular complexity index is 736. The fraction of sp³-hybridized carbons (Fsp3) is 0.300. The average molecular weight is 340 g/mol. The number of carbonyl (C=O) groups is 2. The van der Waals surface area contributed by atoms with Crippen LogP contribution in [-0.2, 0) is 6.54 Å². The van der Waals surface area contributed by atoms with Crippen LogP contribution in [0, 0.1) is 0 Å². The third-order valence-corrected chi connectivity index (χ3v) is 3.60. The van der Waals surface area contributed by atoms with Crippen LogP contribution in [0.25, 0.3) is 0 Å². The van der Waals surface area contributed by atoms with Crippen LogP contribution in [0.2, 0.25) is 0 Å². The topological polar surface area (TPSA) is 69.6 Å². The van der Waals surface area contributed by atoms with Crippen LogP contribution in [0.4, 0.5) is 10.5 Å². The van der Waals surface area contributed by atoms with Gasteiger partial charge >= 0.3 is 6.03 Å². The highest BCUT2D eigenvalue weighted by atomic mass is 16.3. The summed E-state index contributed by atoms with van der Waals surface area (Å²) in [7, 11) is 0. The molecule has 0 aliphatic rings. The molecule has 5 heteroatoms. The minimum Gasteiger partial charge on any atom is -0.389 e. The third-order valence-electron chi connectivity index (χ3n) is 3.60. The third kappa shape index (κ3) is 6.04. The van der Waals surface area contributed by atoms with Gasteiger partial charge < -0.3 is 15.3 Å². The first kappa shape index (κ1) is 18.7. The summed E-state index contributed by atoms with van der Waals surface area (Å²) < 4.78 is 0. The van der Waals surface area contributed by atoms with E-state index in [1.807, 2.05) is 30.3 Å². The summed E-state index contributed by atoms with van der Waals surface area (Å²) >= 11 is 0. The molecule has 2 rings (SSSR count). The van der Waals surface area contributed by atoms with E-state index in [1.165, 1.54) is 6.92 Å². The second-order valence-corrected chi connectivity index (χ2v) is 6.72. The zero-order valence-electron chi connectivity index (χ0n) is 14.8. The van der Waals surface area contributed by atoms with Crippen LogP contribution in [0.1, 0.15) is 36.7 Å². The predicted octanol–water partition coefficient (Wildman–Crippen LogP) is 3.69. The summed E-state index contributed by atoms with van der Waals surface area (Å²) in [5, 5.41) is 12.9. The number of amides is 2. The van der Waals surface area contributed by atoms with Gasteiger partial charge in [0, 0.05) is 17.8 Å². The van der Waals surface area contributed by atoms with E-state index in [1.54, 1.807) is 43.0 Å². The Morgan fingerprint density at radius 2 is 1.76 bits per heavy atom. The van der Waals surface area contributed by atoms with Crippen LogP contribution in [0.5, 0.6) is 0 Å². The number of Topliss-reactive ketones (excluding diaryl/α,β-unsaturated/α-hetero) is 1. The normalized spacial score (nSPS) is 11.0. The number of aliphatic hydroxyl groups is 1. The largest absolute Gasteiger partial charge is 0.389 e. The van der Waals surface area contributed by atoms with Crippen molar-refractivity contribution >= 4 is 17.5 Å². The monoisotopic (exact) mass is 340 g/mol. The summed E-state index contributed by atoms with van der Waals surface area (Å²) in [6.45, 7) is 5.36. The highest BCUT2D eigenvalue weighted by molar-refractivity contribution is 5.96. The number of hydrogen-bond acceptors (Lipinski definition) is 3. The van der Waals surface area contributed by atoms with Crippen molar-refractivity contribution in [1.82, 2.24) is 4.90 Å². The Balaban J connectivity index is 2.17. The van der Waals surface area contributed by atoms with E-state index in [0.717, 1.165) is 5.56 Å². The lowest BCUT2D eigenvalue weighted by Gasteiger charge is -2.29. The van der Waals surface area contributed by atoms with Crippen molar-refractivity contribution in [1.29, 1.82) is 0 Å². The van der Waals surface area contributed by atoms with E-state index >= 15 is 0 Å². The zero-order chi connectivity index (χ0) is 18.4. The van der Waals surface area contributed by atoms with Crippen molar-refractivity contribution in [2.24, 2.45) is 0 Å². The zero-order valence-corrected chi connectivity index (χ0v) is 14.8. The molecule has 0 aliphatic carbocycles. The predicted molar refractivity (Wildman–Crippen MR) is 98.6 cm³/mol. The molecule has 0 aromatic heterocycles. The molecule has 132 valence electrons. The Hall–Kier alpha value is -2.66. The molecular formula is C20H24N2O3. The number of urea groups is 1. The van der Waals surface area contributed by atoms with Crippen molar-refractivity contribution in [3.05, 3.63) is 65.7 Å². The molecule has 2 aromatic carbocycles. The highest BCUT2D eigenvalue weighted by Gasteiger charge is 2.23. The van der Waals surface area contributed by atoms with Crippen molar-refractivity contribution in [3.63, 3.8) is 0 Å². The molecule has 0 atom stereocenters. The van der Waals surface area contributed by atoms with Gasteiger partial charge in [0.25, 0.3) is 0 Å². The van der Waals surface area contributed by atoms with Crippen LogP contribution in [0.15, 0.2) is 54.6 Å². The Labute approximate surface area is 148 Å². The minimum atomic E-state index is -1.02. The molecule has 2 aromatic rings.